The van der Waals surface area contributed by atoms with E-state index in [2.05, 4.69) is 4.72 Å². The average Bonchev–Trinajstić information content (AvgIpc) is 2.46. The zero-order valence-electron chi connectivity index (χ0n) is 12.4. The molecule has 1 aliphatic rings. The van der Waals surface area contributed by atoms with Crippen LogP contribution < -0.4 is 10.5 Å². The van der Waals surface area contributed by atoms with Crippen LogP contribution in [0, 0.1) is 12.3 Å². The number of nitrogens with two attached hydrogens (primary N) is 1. The van der Waals surface area contributed by atoms with Crippen molar-refractivity contribution in [3.63, 3.8) is 0 Å². The van der Waals surface area contributed by atoms with Gasteiger partial charge in [0.25, 0.3) is 0 Å². The molecule has 1 aliphatic carbocycles. The van der Waals surface area contributed by atoms with Crippen molar-refractivity contribution in [3.8, 4) is 0 Å². The monoisotopic (exact) mass is 312 g/mol. The van der Waals surface area contributed by atoms with Gasteiger partial charge in [0.2, 0.25) is 10.0 Å². The normalized spacial score (nSPS) is 18.6. The number of hydrogen-bond acceptors (Lipinski definition) is 4. The SMILES string of the molecule is Cc1ccc(S(=O)(=O)NCC2(CO)CCCCC2)c(N)c1. The van der Waals surface area contributed by atoms with E-state index in [1.165, 1.54) is 6.07 Å². The summed E-state index contributed by atoms with van der Waals surface area (Å²) in [4.78, 5) is 0.108. The minimum Gasteiger partial charge on any atom is -0.398 e. The van der Waals surface area contributed by atoms with Gasteiger partial charge in [-0.2, -0.15) is 0 Å². The van der Waals surface area contributed by atoms with E-state index in [9.17, 15) is 13.5 Å². The molecule has 0 aliphatic heterocycles. The third-order valence-corrected chi connectivity index (χ3v) is 5.82. The van der Waals surface area contributed by atoms with E-state index < -0.39 is 10.0 Å². The van der Waals surface area contributed by atoms with E-state index >= 15 is 0 Å². The molecule has 1 saturated carbocycles. The van der Waals surface area contributed by atoms with Crippen molar-refractivity contribution in [1.29, 1.82) is 0 Å². The second kappa shape index (κ2) is 6.34. The molecule has 6 heteroatoms. The lowest BCUT2D eigenvalue weighted by Gasteiger charge is -2.35. The Bertz CT molecular complexity index is 593. The summed E-state index contributed by atoms with van der Waals surface area (Å²) in [5.74, 6) is 0. The number of nitrogens with one attached hydrogen (secondary N) is 1. The van der Waals surface area contributed by atoms with E-state index in [-0.39, 0.29) is 29.1 Å². The Hall–Kier alpha value is -1.11. The highest BCUT2D eigenvalue weighted by Gasteiger charge is 2.33. The highest BCUT2D eigenvalue weighted by Crippen LogP contribution is 2.35. The van der Waals surface area contributed by atoms with Gasteiger partial charge in [-0.1, -0.05) is 25.3 Å². The molecule has 0 spiro atoms. The number of sulfonamides is 1. The molecule has 21 heavy (non-hydrogen) atoms. The second-order valence-corrected chi connectivity index (χ2v) is 7.82. The summed E-state index contributed by atoms with van der Waals surface area (Å²) in [6.07, 6.45) is 4.94. The molecule has 2 rings (SSSR count). The zero-order chi connectivity index (χ0) is 15.5. The molecule has 1 aromatic rings. The largest absolute Gasteiger partial charge is 0.398 e. The fourth-order valence-corrected chi connectivity index (χ4v) is 4.20. The van der Waals surface area contributed by atoms with E-state index in [4.69, 9.17) is 5.73 Å². The molecule has 0 unspecified atom stereocenters. The Balaban J connectivity index is 2.13. The molecule has 0 bridgehead atoms. The number of rotatable bonds is 5. The average molecular weight is 312 g/mol. The van der Waals surface area contributed by atoms with Crippen LogP contribution in [0.15, 0.2) is 23.1 Å². The maximum Gasteiger partial charge on any atom is 0.242 e. The van der Waals surface area contributed by atoms with E-state index in [0.717, 1.165) is 37.7 Å². The van der Waals surface area contributed by atoms with Crippen molar-refractivity contribution in [2.24, 2.45) is 5.41 Å². The molecule has 0 atom stereocenters. The Labute approximate surface area is 126 Å². The lowest BCUT2D eigenvalue weighted by atomic mass is 9.75. The van der Waals surface area contributed by atoms with Gasteiger partial charge in [-0.15, -0.1) is 0 Å². The van der Waals surface area contributed by atoms with Crippen LogP contribution in [0.2, 0.25) is 0 Å². The fraction of sp³-hybridized carbons (Fsp3) is 0.600. The van der Waals surface area contributed by atoms with Gasteiger partial charge in [0.15, 0.2) is 0 Å². The Morgan fingerprint density at radius 2 is 1.95 bits per heavy atom. The number of aryl methyl sites for hydroxylation is 1. The predicted octanol–water partition coefficient (Wildman–Crippen LogP) is 1.80. The van der Waals surface area contributed by atoms with Gasteiger partial charge in [-0.25, -0.2) is 13.1 Å². The third-order valence-electron chi connectivity index (χ3n) is 4.34. The van der Waals surface area contributed by atoms with Gasteiger partial charge in [-0.05, 0) is 37.5 Å². The molecular weight excluding hydrogens is 288 g/mol. The Morgan fingerprint density at radius 3 is 2.52 bits per heavy atom. The molecule has 1 fully saturated rings. The number of benzene rings is 1. The van der Waals surface area contributed by atoms with Gasteiger partial charge in [0, 0.05) is 18.6 Å². The standard InChI is InChI=1S/C15H24N2O3S/c1-12-5-6-14(13(16)9-12)21(19,20)17-10-15(11-18)7-3-2-4-8-15/h5-6,9,17-18H,2-4,7-8,10-11,16H2,1H3. The first-order valence-electron chi connectivity index (χ1n) is 7.35. The van der Waals surface area contributed by atoms with E-state index in [1.54, 1.807) is 12.1 Å². The first-order valence-corrected chi connectivity index (χ1v) is 8.84. The van der Waals surface area contributed by atoms with E-state index in [1.807, 2.05) is 6.92 Å². The highest BCUT2D eigenvalue weighted by atomic mass is 32.2. The van der Waals surface area contributed by atoms with Gasteiger partial charge in [0.1, 0.15) is 4.90 Å². The van der Waals surface area contributed by atoms with Crippen molar-refractivity contribution in [3.05, 3.63) is 23.8 Å². The van der Waals surface area contributed by atoms with Gasteiger partial charge >= 0.3 is 0 Å². The Kier molecular flexibility index (Phi) is 4.91. The van der Waals surface area contributed by atoms with Crippen LogP contribution >= 0.6 is 0 Å². The molecule has 0 radical (unpaired) electrons. The van der Waals surface area contributed by atoms with Crippen molar-refractivity contribution in [1.82, 2.24) is 4.72 Å². The molecule has 5 nitrogen and oxygen atoms in total. The maximum atomic E-state index is 12.4. The van der Waals surface area contributed by atoms with Crippen LogP contribution in [-0.2, 0) is 10.0 Å². The summed E-state index contributed by atoms with van der Waals surface area (Å²) in [5, 5.41) is 9.64. The first-order chi connectivity index (χ1) is 9.88. The number of anilines is 1. The lowest BCUT2D eigenvalue weighted by Crippen LogP contribution is -2.41. The van der Waals surface area contributed by atoms with Gasteiger partial charge in [-0.3, -0.25) is 0 Å². The molecule has 0 saturated heterocycles. The molecule has 0 heterocycles. The summed E-state index contributed by atoms with van der Waals surface area (Å²) >= 11 is 0. The van der Waals surface area contributed by atoms with Crippen molar-refractivity contribution >= 4 is 15.7 Å². The van der Waals surface area contributed by atoms with Crippen molar-refractivity contribution < 1.29 is 13.5 Å². The molecule has 1 aromatic carbocycles. The number of aliphatic hydroxyl groups is 1. The van der Waals surface area contributed by atoms with Crippen molar-refractivity contribution in [2.45, 2.75) is 43.9 Å². The fourth-order valence-electron chi connectivity index (χ4n) is 2.93. The summed E-state index contributed by atoms with van der Waals surface area (Å²) in [5.41, 5.74) is 6.66. The lowest BCUT2D eigenvalue weighted by molar-refractivity contribution is 0.0867. The number of aliphatic hydroxyl groups excluding tert-OH is 1. The quantitative estimate of drug-likeness (QED) is 0.723. The molecule has 118 valence electrons. The van der Waals surface area contributed by atoms with Crippen LogP contribution in [0.5, 0.6) is 0 Å². The molecule has 0 amide bonds. The Morgan fingerprint density at radius 1 is 1.29 bits per heavy atom. The molecule has 4 N–H and O–H groups in total. The first kappa shape index (κ1) is 16.3. The topological polar surface area (TPSA) is 92.4 Å². The minimum atomic E-state index is -3.64. The summed E-state index contributed by atoms with van der Waals surface area (Å²) in [7, 11) is -3.64. The van der Waals surface area contributed by atoms with Crippen LogP contribution in [0.25, 0.3) is 0 Å². The smallest absolute Gasteiger partial charge is 0.242 e. The third kappa shape index (κ3) is 3.75. The summed E-state index contributed by atoms with van der Waals surface area (Å²) < 4.78 is 27.4. The van der Waals surface area contributed by atoms with E-state index in [0.29, 0.717) is 0 Å². The van der Waals surface area contributed by atoms with Gasteiger partial charge < -0.3 is 10.8 Å². The zero-order valence-corrected chi connectivity index (χ0v) is 13.2. The van der Waals surface area contributed by atoms with Crippen LogP contribution in [0.3, 0.4) is 0 Å². The van der Waals surface area contributed by atoms with Crippen LogP contribution in [0.4, 0.5) is 5.69 Å². The minimum absolute atomic E-state index is 0.0128. The number of hydrogen-bond donors (Lipinski definition) is 3. The number of nitrogen functional groups attached to an aromatic ring is 1. The van der Waals surface area contributed by atoms with Crippen molar-refractivity contribution in [2.75, 3.05) is 18.9 Å². The molecule has 0 aromatic heterocycles. The van der Waals surface area contributed by atoms with Crippen LogP contribution in [-0.4, -0.2) is 26.7 Å². The maximum absolute atomic E-state index is 12.4. The molecular formula is C15H24N2O3S. The summed E-state index contributed by atoms with van der Waals surface area (Å²) in [6, 6.07) is 4.91. The highest BCUT2D eigenvalue weighted by molar-refractivity contribution is 7.89. The summed E-state index contributed by atoms with van der Waals surface area (Å²) in [6.45, 7) is 2.14. The van der Waals surface area contributed by atoms with Gasteiger partial charge in [0.05, 0.1) is 5.69 Å². The second-order valence-electron chi connectivity index (χ2n) is 6.08. The predicted molar refractivity (Wildman–Crippen MR) is 83.4 cm³/mol. The van der Waals surface area contributed by atoms with Crippen LogP contribution in [0.1, 0.15) is 37.7 Å².